The average Bonchev–Trinajstić information content (AvgIpc) is 3.31. The second-order valence-corrected chi connectivity index (χ2v) is 7.53. The highest BCUT2D eigenvalue weighted by molar-refractivity contribution is 7.20. The molecule has 29 heavy (non-hydrogen) atoms. The maximum absolute atomic E-state index is 12.5. The lowest BCUT2D eigenvalue weighted by Gasteiger charge is -2.00. The molecule has 9 heteroatoms. The Morgan fingerprint density at radius 2 is 1.97 bits per heavy atom. The normalized spacial score (nSPS) is 11.1. The smallest absolute Gasteiger partial charge is 0.349 e. The second-order valence-electron chi connectivity index (χ2n) is 6.53. The third-order valence-electron chi connectivity index (χ3n) is 4.52. The SMILES string of the molecule is CCc1ccc(-c2noc(COC(=O)c3sc4nc(C)[nH]c(=O)c4c3C)n2)cc1. The van der Waals surface area contributed by atoms with Crippen molar-refractivity contribution in [2.24, 2.45) is 0 Å². The fraction of sp³-hybridized carbons (Fsp3) is 0.250. The van der Waals surface area contributed by atoms with Gasteiger partial charge in [0.15, 0.2) is 6.61 Å². The van der Waals surface area contributed by atoms with E-state index in [4.69, 9.17) is 9.26 Å². The third-order valence-corrected chi connectivity index (χ3v) is 5.69. The second kappa shape index (κ2) is 7.59. The van der Waals surface area contributed by atoms with Gasteiger partial charge in [0.2, 0.25) is 5.82 Å². The average molecular weight is 410 g/mol. The monoisotopic (exact) mass is 410 g/mol. The zero-order valence-corrected chi connectivity index (χ0v) is 16.9. The molecule has 0 saturated heterocycles. The van der Waals surface area contributed by atoms with Crippen LogP contribution in [0.15, 0.2) is 33.6 Å². The predicted molar refractivity (Wildman–Crippen MR) is 108 cm³/mol. The van der Waals surface area contributed by atoms with E-state index in [2.05, 4.69) is 27.0 Å². The van der Waals surface area contributed by atoms with Crippen LogP contribution >= 0.6 is 11.3 Å². The molecule has 148 valence electrons. The molecule has 0 aliphatic rings. The molecule has 0 unspecified atom stereocenters. The molecule has 4 aromatic rings. The number of aryl methyl sites for hydroxylation is 3. The van der Waals surface area contributed by atoms with Crippen molar-refractivity contribution in [3.8, 4) is 11.4 Å². The van der Waals surface area contributed by atoms with Gasteiger partial charge in [0.05, 0.1) is 5.39 Å². The quantitative estimate of drug-likeness (QED) is 0.501. The summed E-state index contributed by atoms with van der Waals surface area (Å²) in [5.74, 6) is 0.560. The fourth-order valence-electron chi connectivity index (χ4n) is 2.96. The van der Waals surface area contributed by atoms with E-state index in [0.717, 1.165) is 23.3 Å². The summed E-state index contributed by atoms with van der Waals surface area (Å²) in [5.41, 5.74) is 2.32. The standard InChI is InChI=1S/C20H18N4O4S/c1-4-12-5-7-13(8-6-12)17-23-14(28-24-17)9-27-20(26)16-10(2)15-18(25)21-11(3)22-19(15)29-16/h5-8H,4,9H2,1-3H3,(H,21,22,25). The minimum atomic E-state index is -0.561. The molecule has 0 saturated carbocycles. The fourth-order valence-corrected chi connectivity index (χ4v) is 4.08. The van der Waals surface area contributed by atoms with Gasteiger partial charge in [-0.25, -0.2) is 9.78 Å². The van der Waals surface area contributed by atoms with Gasteiger partial charge >= 0.3 is 5.97 Å². The highest BCUT2D eigenvalue weighted by Crippen LogP contribution is 2.28. The van der Waals surface area contributed by atoms with Gasteiger partial charge in [-0.15, -0.1) is 11.3 Å². The van der Waals surface area contributed by atoms with Crippen molar-refractivity contribution < 1.29 is 14.1 Å². The molecule has 0 aliphatic carbocycles. The van der Waals surface area contributed by atoms with E-state index in [9.17, 15) is 9.59 Å². The van der Waals surface area contributed by atoms with Gasteiger partial charge in [-0.05, 0) is 31.4 Å². The lowest BCUT2D eigenvalue weighted by atomic mass is 10.1. The number of hydrogen-bond donors (Lipinski definition) is 1. The summed E-state index contributed by atoms with van der Waals surface area (Å²) in [5, 5.41) is 4.34. The number of carbonyl (C=O) groups excluding carboxylic acids is 1. The Bertz CT molecular complexity index is 1250. The van der Waals surface area contributed by atoms with Crippen molar-refractivity contribution in [3.05, 3.63) is 62.3 Å². The van der Waals surface area contributed by atoms with E-state index in [0.29, 0.717) is 32.3 Å². The number of fused-ring (bicyclic) bond motifs is 1. The molecule has 0 atom stereocenters. The predicted octanol–water partition coefficient (Wildman–Crippen LogP) is 3.57. The first kappa shape index (κ1) is 19.0. The van der Waals surface area contributed by atoms with Gasteiger partial charge in [0, 0.05) is 5.56 Å². The van der Waals surface area contributed by atoms with Gasteiger partial charge in [0.1, 0.15) is 15.5 Å². The molecular formula is C20H18N4O4S. The molecule has 3 heterocycles. The first-order valence-corrected chi connectivity index (χ1v) is 9.87. The van der Waals surface area contributed by atoms with E-state index < -0.39 is 5.97 Å². The summed E-state index contributed by atoms with van der Waals surface area (Å²) in [7, 11) is 0. The molecule has 1 N–H and O–H groups in total. The lowest BCUT2D eigenvalue weighted by Crippen LogP contribution is -2.10. The highest BCUT2D eigenvalue weighted by Gasteiger charge is 2.21. The van der Waals surface area contributed by atoms with E-state index in [1.54, 1.807) is 13.8 Å². The number of rotatable bonds is 5. The van der Waals surface area contributed by atoms with Crippen LogP contribution in [0.2, 0.25) is 0 Å². The van der Waals surface area contributed by atoms with Crippen LogP contribution in [0.5, 0.6) is 0 Å². The minimum absolute atomic E-state index is 0.157. The summed E-state index contributed by atoms with van der Waals surface area (Å²) in [6, 6.07) is 7.86. The Labute approximate surface area is 169 Å². The Morgan fingerprint density at radius 1 is 1.21 bits per heavy atom. The van der Waals surface area contributed by atoms with Crippen LogP contribution in [0.1, 0.15) is 39.4 Å². The molecule has 0 bridgehead atoms. The third kappa shape index (κ3) is 3.68. The summed E-state index contributed by atoms with van der Waals surface area (Å²) in [6.07, 6.45) is 0.950. The van der Waals surface area contributed by atoms with Crippen LogP contribution in [0.4, 0.5) is 0 Å². The number of carbonyl (C=O) groups is 1. The van der Waals surface area contributed by atoms with Crippen LogP contribution in [0.3, 0.4) is 0 Å². The number of nitrogens with zero attached hydrogens (tertiary/aromatic N) is 3. The Hall–Kier alpha value is -3.33. The molecule has 0 fully saturated rings. The molecule has 0 spiro atoms. The van der Waals surface area contributed by atoms with Crippen LogP contribution < -0.4 is 5.56 Å². The Kier molecular flexibility index (Phi) is 4.98. The van der Waals surface area contributed by atoms with Gasteiger partial charge in [-0.1, -0.05) is 36.3 Å². The molecule has 8 nitrogen and oxygen atoms in total. The number of esters is 1. The van der Waals surface area contributed by atoms with Crippen molar-refractivity contribution in [3.63, 3.8) is 0 Å². The maximum atomic E-state index is 12.5. The molecule has 0 radical (unpaired) electrons. The van der Waals surface area contributed by atoms with Crippen molar-refractivity contribution in [2.75, 3.05) is 0 Å². The molecule has 4 rings (SSSR count). The van der Waals surface area contributed by atoms with Crippen LogP contribution in [-0.2, 0) is 17.8 Å². The van der Waals surface area contributed by atoms with Crippen molar-refractivity contribution >= 4 is 27.5 Å². The van der Waals surface area contributed by atoms with Crippen molar-refractivity contribution in [1.82, 2.24) is 20.1 Å². The van der Waals surface area contributed by atoms with Gasteiger partial charge in [-0.3, -0.25) is 4.79 Å². The van der Waals surface area contributed by atoms with Gasteiger partial charge in [-0.2, -0.15) is 4.98 Å². The van der Waals surface area contributed by atoms with Crippen molar-refractivity contribution in [2.45, 2.75) is 33.8 Å². The topological polar surface area (TPSA) is 111 Å². The number of ether oxygens (including phenoxy) is 1. The van der Waals surface area contributed by atoms with Crippen molar-refractivity contribution in [1.29, 1.82) is 0 Å². The number of nitrogens with one attached hydrogen (secondary N) is 1. The first-order chi connectivity index (χ1) is 14.0. The number of thiophene rings is 1. The van der Waals surface area contributed by atoms with E-state index >= 15 is 0 Å². The van der Waals surface area contributed by atoms with Crippen LogP contribution in [-0.4, -0.2) is 26.1 Å². The first-order valence-electron chi connectivity index (χ1n) is 9.05. The number of benzene rings is 1. The van der Waals surface area contributed by atoms with E-state index in [1.165, 1.54) is 5.56 Å². The number of aromatic amines is 1. The summed E-state index contributed by atoms with van der Waals surface area (Å²) in [6.45, 7) is 5.32. The largest absolute Gasteiger partial charge is 0.451 e. The maximum Gasteiger partial charge on any atom is 0.349 e. The Morgan fingerprint density at radius 3 is 2.69 bits per heavy atom. The van der Waals surface area contributed by atoms with Crippen LogP contribution in [0, 0.1) is 13.8 Å². The lowest BCUT2D eigenvalue weighted by molar-refractivity contribution is 0.0435. The molecular weight excluding hydrogens is 392 g/mol. The Balaban J connectivity index is 1.50. The zero-order valence-electron chi connectivity index (χ0n) is 16.1. The zero-order chi connectivity index (χ0) is 20.5. The molecule has 1 aromatic carbocycles. The minimum Gasteiger partial charge on any atom is -0.451 e. The van der Waals surface area contributed by atoms with Gasteiger partial charge < -0.3 is 14.2 Å². The molecule has 0 amide bonds. The number of H-pyrrole nitrogens is 1. The van der Waals surface area contributed by atoms with Crippen LogP contribution in [0.25, 0.3) is 21.6 Å². The highest BCUT2D eigenvalue weighted by atomic mass is 32.1. The molecule has 0 aliphatic heterocycles. The van der Waals surface area contributed by atoms with Gasteiger partial charge in [0.25, 0.3) is 11.4 Å². The summed E-state index contributed by atoms with van der Waals surface area (Å²) >= 11 is 1.13. The van der Waals surface area contributed by atoms with E-state index in [1.807, 2.05) is 24.3 Å². The number of aromatic nitrogens is 4. The summed E-state index contributed by atoms with van der Waals surface area (Å²) < 4.78 is 10.5. The summed E-state index contributed by atoms with van der Waals surface area (Å²) in [4.78, 5) is 36.7. The van der Waals surface area contributed by atoms with E-state index in [-0.39, 0.29) is 18.1 Å². The molecule has 3 aromatic heterocycles. The number of hydrogen-bond acceptors (Lipinski definition) is 8.